The fraction of sp³-hybridized carbons (Fsp3) is 1.00. The largest absolute Gasteiger partial charge is 0.392 e. The SMILES string of the molecule is CC(O)C(N)CN(C)C. The third-order valence-electron chi connectivity index (χ3n) is 1.20. The zero-order valence-corrected chi connectivity index (χ0v) is 6.33. The molecule has 0 aliphatic heterocycles. The molecule has 0 bridgehead atoms. The molecule has 0 rings (SSSR count). The summed E-state index contributed by atoms with van der Waals surface area (Å²) in [6.45, 7) is 2.44. The van der Waals surface area contributed by atoms with E-state index >= 15 is 0 Å². The molecule has 0 spiro atoms. The molecule has 0 amide bonds. The third-order valence-corrected chi connectivity index (χ3v) is 1.20. The molecule has 0 heterocycles. The molecular weight excluding hydrogens is 116 g/mol. The van der Waals surface area contributed by atoms with Crippen molar-refractivity contribution in [1.29, 1.82) is 0 Å². The lowest BCUT2D eigenvalue weighted by molar-refractivity contribution is 0.147. The van der Waals surface area contributed by atoms with Crippen molar-refractivity contribution in [3.8, 4) is 0 Å². The van der Waals surface area contributed by atoms with Crippen LogP contribution >= 0.6 is 0 Å². The van der Waals surface area contributed by atoms with Crippen molar-refractivity contribution in [1.82, 2.24) is 4.90 Å². The number of nitrogens with two attached hydrogens (primary N) is 1. The minimum atomic E-state index is -0.410. The summed E-state index contributed by atoms with van der Waals surface area (Å²) < 4.78 is 0. The molecule has 2 atom stereocenters. The molecule has 3 heteroatoms. The van der Waals surface area contributed by atoms with Gasteiger partial charge in [0.25, 0.3) is 0 Å². The predicted octanol–water partition coefficient (Wildman–Crippen LogP) is -0.744. The highest BCUT2D eigenvalue weighted by molar-refractivity contribution is 4.69. The van der Waals surface area contributed by atoms with Crippen LogP contribution < -0.4 is 5.73 Å². The van der Waals surface area contributed by atoms with Crippen molar-refractivity contribution in [2.75, 3.05) is 20.6 Å². The summed E-state index contributed by atoms with van der Waals surface area (Å²) in [5, 5.41) is 8.92. The summed E-state index contributed by atoms with van der Waals surface area (Å²) in [6.07, 6.45) is -0.410. The molecule has 0 aliphatic carbocycles. The molecule has 0 saturated carbocycles. The third kappa shape index (κ3) is 4.39. The fourth-order valence-corrected chi connectivity index (χ4v) is 0.574. The van der Waals surface area contributed by atoms with Gasteiger partial charge in [-0.1, -0.05) is 0 Å². The number of aliphatic hydroxyl groups excluding tert-OH is 1. The van der Waals surface area contributed by atoms with Gasteiger partial charge in [0, 0.05) is 12.6 Å². The van der Waals surface area contributed by atoms with Crippen LogP contribution in [0.5, 0.6) is 0 Å². The van der Waals surface area contributed by atoms with E-state index < -0.39 is 6.10 Å². The number of hydrogen-bond acceptors (Lipinski definition) is 3. The van der Waals surface area contributed by atoms with Gasteiger partial charge in [-0.3, -0.25) is 0 Å². The lowest BCUT2D eigenvalue weighted by atomic mass is 10.2. The van der Waals surface area contributed by atoms with Gasteiger partial charge in [-0.05, 0) is 21.0 Å². The lowest BCUT2D eigenvalue weighted by Gasteiger charge is -2.18. The molecular formula is C6H16N2O. The monoisotopic (exact) mass is 132 g/mol. The summed E-state index contributed by atoms with van der Waals surface area (Å²) in [7, 11) is 3.87. The summed E-state index contributed by atoms with van der Waals surface area (Å²) in [4.78, 5) is 1.96. The molecule has 3 nitrogen and oxygen atoms in total. The van der Waals surface area contributed by atoms with Gasteiger partial charge in [-0.25, -0.2) is 0 Å². The quantitative estimate of drug-likeness (QED) is 0.531. The number of rotatable bonds is 3. The molecule has 0 radical (unpaired) electrons. The van der Waals surface area contributed by atoms with Gasteiger partial charge in [0.2, 0.25) is 0 Å². The van der Waals surface area contributed by atoms with Crippen molar-refractivity contribution >= 4 is 0 Å². The number of hydrogen-bond donors (Lipinski definition) is 2. The van der Waals surface area contributed by atoms with Crippen LogP contribution in [0.2, 0.25) is 0 Å². The van der Waals surface area contributed by atoms with Crippen molar-refractivity contribution in [2.45, 2.75) is 19.1 Å². The van der Waals surface area contributed by atoms with Gasteiger partial charge in [-0.15, -0.1) is 0 Å². The van der Waals surface area contributed by atoms with Gasteiger partial charge < -0.3 is 15.7 Å². The van der Waals surface area contributed by atoms with E-state index in [1.807, 2.05) is 19.0 Å². The van der Waals surface area contributed by atoms with Gasteiger partial charge in [-0.2, -0.15) is 0 Å². The Morgan fingerprint density at radius 3 is 2.11 bits per heavy atom. The van der Waals surface area contributed by atoms with Gasteiger partial charge in [0.15, 0.2) is 0 Å². The van der Waals surface area contributed by atoms with Crippen molar-refractivity contribution in [2.24, 2.45) is 5.73 Å². The zero-order chi connectivity index (χ0) is 7.44. The minimum absolute atomic E-state index is 0.125. The van der Waals surface area contributed by atoms with Crippen LogP contribution in [0, 0.1) is 0 Å². The Kier molecular flexibility index (Phi) is 3.77. The Labute approximate surface area is 56.5 Å². The highest BCUT2D eigenvalue weighted by Crippen LogP contribution is 1.88. The van der Waals surface area contributed by atoms with Crippen LogP contribution in [0.4, 0.5) is 0 Å². The minimum Gasteiger partial charge on any atom is -0.392 e. The predicted molar refractivity (Wildman–Crippen MR) is 38.2 cm³/mol. The van der Waals surface area contributed by atoms with Gasteiger partial charge in [0.05, 0.1) is 6.10 Å². The van der Waals surface area contributed by atoms with E-state index in [4.69, 9.17) is 10.8 Å². The Bertz CT molecular complexity index is 73.5. The molecule has 0 aromatic carbocycles. The molecule has 9 heavy (non-hydrogen) atoms. The first-order valence-electron chi connectivity index (χ1n) is 3.12. The molecule has 0 aromatic rings. The molecule has 0 saturated heterocycles. The van der Waals surface area contributed by atoms with E-state index in [2.05, 4.69) is 0 Å². The van der Waals surface area contributed by atoms with E-state index in [9.17, 15) is 0 Å². The highest BCUT2D eigenvalue weighted by atomic mass is 16.3. The van der Waals surface area contributed by atoms with E-state index in [1.54, 1.807) is 6.92 Å². The standard InChI is InChI=1S/C6H16N2O/c1-5(9)6(7)4-8(2)3/h5-6,9H,4,7H2,1-3H3. The van der Waals surface area contributed by atoms with Crippen LogP contribution in [-0.2, 0) is 0 Å². The second kappa shape index (κ2) is 3.82. The fourth-order valence-electron chi connectivity index (χ4n) is 0.574. The average molecular weight is 132 g/mol. The summed E-state index contributed by atoms with van der Waals surface area (Å²) in [6, 6.07) is -0.125. The maximum atomic E-state index is 8.92. The summed E-state index contributed by atoms with van der Waals surface area (Å²) in [5.41, 5.74) is 5.53. The van der Waals surface area contributed by atoms with Crippen molar-refractivity contribution < 1.29 is 5.11 Å². The first-order valence-corrected chi connectivity index (χ1v) is 3.12. The topological polar surface area (TPSA) is 49.5 Å². The highest BCUT2D eigenvalue weighted by Gasteiger charge is 2.08. The Balaban J connectivity index is 3.38. The Hall–Kier alpha value is -0.120. The molecule has 0 fully saturated rings. The summed E-state index contributed by atoms with van der Waals surface area (Å²) in [5.74, 6) is 0. The van der Waals surface area contributed by atoms with Crippen LogP contribution in [-0.4, -0.2) is 42.8 Å². The molecule has 3 N–H and O–H groups in total. The zero-order valence-electron chi connectivity index (χ0n) is 6.33. The second-order valence-corrected chi connectivity index (χ2v) is 2.67. The Morgan fingerprint density at radius 2 is 2.00 bits per heavy atom. The number of nitrogens with zero attached hydrogens (tertiary/aromatic N) is 1. The van der Waals surface area contributed by atoms with E-state index in [-0.39, 0.29) is 6.04 Å². The smallest absolute Gasteiger partial charge is 0.0675 e. The first-order chi connectivity index (χ1) is 4.04. The van der Waals surface area contributed by atoms with Crippen LogP contribution in [0.1, 0.15) is 6.92 Å². The molecule has 2 unspecified atom stereocenters. The number of likely N-dealkylation sites (N-methyl/N-ethyl adjacent to an activating group) is 1. The lowest BCUT2D eigenvalue weighted by Crippen LogP contribution is -2.41. The molecule has 0 aromatic heterocycles. The van der Waals surface area contributed by atoms with E-state index in [0.717, 1.165) is 6.54 Å². The van der Waals surface area contributed by atoms with Gasteiger partial charge in [0.1, 0.15) is 0 Å². The van der Waals surface area contributed by atoms with E-state index in [1.165, 1.54) is 0 Å². The van der Waals surface area contributed by atoms with E-state index in [0.29, 0.717) is 0 Å². The molecule has 56 valence electrons. The molecule has 0 aliphatic rings. The van der Waals surface area contributed by atoms with Crippen LogP contribution in [0.15, 0.2) is 0 Å². The Morgan fingerprint density at radius 1 is 1.56 bits per heavy atom. The number of aliphatic hydroxyl groups is 1. The summed E-state index contributed by atoms with van der Waals surface area (Å²) >= 11 is 0. The van der Waals surface area contributed by atoms with Crippen molar-refractivity contribution in [3.63, 3.8) is 0 Å². The normalized spacial score (nSPS) is 18.0. The first kappa shape index (κ1) is 8.88. The van der Waals surface area contributed by atoms with Crippen LogP contribution in [0.25, 0.3) is 0 Å². The van der Waals surface area contributed by atoms with Gasteiger partial charge >= 0.3 is 0 Å². The van der Waals surface area contributed by atoms with Crippen molar-refractivity contribution in [3.05, 3.63) is 0 Å². The average Bonchev–Trinajstić information content (AvgIpc) is 1.63. The maximum absolute atomic E-state index is 8.92. The maximum Gasteiger partial charge on any atom is 0.0675 e. The van der Waals surface area contributed by atoms with Crippen LogP contribution in [0.3, 0.4) is 0 Å². The second-order valence-electron chi connectivity index (χ2n) is 2.67.